The number of hydrogen-bond donors (Lipinski definition) is 1. The molecule has 5 rings (SSSR count). The van der Waals surface area contributed by atoms with E-state index in [9.17, 15) is 18.0 Å². The van der Waals surface area contributed by atoms with Gasteiger partial charge in [0.05, 0.1) is 11.1 Å². The average molecular weight is 530 g/mol. The third-order valence-corrected chi connectivity index (χ3v) is 5.77. The quantitative estimate of drug-likeness (QED) is 0.182. The number of nitrogens with one attached hydrogen (secondary N) is 1. The van der Waals surface area contributed by atoms with Crippen LogP contribution < -0.4 is 10.1 Å². The van der Waals surface area contributed by atoms with Crippen LogP contribution in [0.5, 0.6) is 11.6 Å². The van der Waals surface area contributed by atoms with Crippen molar-refractivity contribution in [2.45, 2.75) is 6.18 Å². The van der Waals surface area contributed by atoms with E-state index in [1.54, 1.807) is 36.5 Å². The van der Waals surface area contributed by atoms with E-state index >= 15 is 4.39 Å². The Morgan fingerprint density at radius 2 is 1.79 bits per heavy atom. The molecule has 1 N–H and O–H groups in total. The second kappa shape index (κ2) is 10.3. The van der Waals surface area contributed by atoms with Crippen LogP contribution in [0.3, 0.4) is 0 Å². The highest BCUT2D eigenvalue weighted by molar-refractivity contribution is 6.01. The molecular weight excluding hydrogens is 512 g/mol. The van der Waals surface area contributed by atoms with E-state index in [2.05, 4.69) is 26.8 Å². The maximum Gasteiger partial charge on any atom is 0.416 e. The second-order valence-electron chi connectivity index (χ2n) is 8.38. The molecule has 1 amide bonds. The van der Waals surface area contributed by atoms with Gasteiger partial charge in [-0.15, -0.1) is 0 Å². The third-order valence-electron chi connectivity index (χ3n) is 5.77. The zero-order chi connectivity index (χ0) is 27.6. The summed E-state index contributed by atoms with van der Waals surface area (Å²) in [4.78, 5) is 24.0. The van der Waals surface area contributed by atoms with Crippen molar-refractivity contribution < 1.29 is 27.1 Å². The first-order valence-electron chi connectivity index (χ1n) is 11.5. The molecule has 0 fully saturated rings. The van der Waals surface area contributed by atoms with E-state index in [0.717, 1.165) is 36.0 Å². The summed E-state index contributed by atoms with van der Waals surface area (Å²) in [5.41, 5.74) is 2.36. The lowest BCUT2D eigenvalue weighted by Gasteiger charge is -2.13. The second-order valence-corrected chi connectivity index (χ2v) is 8.38. The van der Waals surface area contributed by atoms with Gasteiger partial charge < -0.3 is 10.1 Å². The molecule has 6 nitrogen and oxygen atoms in total. The van der Waals surface area contributed by atoms with Crippen molar-refractivity contribution in [3.63, 3.8) is 0 Å². The summed E-state index contributed by atoms with van der Waals surface area (Å²) in [6.07, 6.45) is 0.579. The van der Waals surface area contributed by atoms with Gasteiger partial charge >= 0.3 is 6.18 Å². The van der Waals surface area contributed by atoms with Crippen molar-refractivity contribution >= 4 is 22.5 Å². The highest BCUT2D eigenvalue weighted by Gasteiger charge is 2.31. The molecule has 194 valence electrons. The monoisotopic (exact) mass is 530 g/mol. The van der Waals surface area contributed by atoms with Crippen LogP contribution in [0, 0.1) is 5.82 Å². The Labute approximate surface area is 219 Å². The van der Waals surface area contributed by atoms with Crippen molar-refractivity contribution in [3.05, 3.63) is 109 Å². The van der Waals surface area contributed by atoms with Crippen LogP contribution >= 0.6 is 0 Å². The Bertz CT molecular complexity index is 1720. The Hall–Kier alpha value is -5.12. The van der Waals surface area contributed by atoms with E-state index in [-0.39, 0.29) is 23.1 Å². The molecule has 39 heavy (non-hydrogen) atoms. The predicted molar refractivity (Wildman–Crippen MR) is 139 cm³/mol. The van der Waals surface area contributed by atoms with Gasteiger partial charge in [0.2, 0.25) is 11.8 Å². The molecule has 3 aromatic carbocycles. The lowest BCUT2D eigenvalue weighted by atomic mass is 9.95. The number of pyridine rings is 1. The Morgan fingerprint density at radius 1 is 0.949 bits per heavy atom. The first-order chi connectivity index (χ1) is 18.7. The molecule has 0 aliphatic carbocycles. The molecule has 0 bridgehead atoms. The summed E-state index contributed by atoms with van der Waals surface area (Å²) in [5, 5.41) is 3.36. The fraction of sp³-hybridized carbons (Fsp3) is 0.0345. The number of rotatable bonds is 6. The smallest absolute Gasteiger partial charge is 0.416 e. The van der Waals surface area contributed by atoms with Crippen LogP contribution in [0.15, 0.2) is 98.1 Å². The topological polar surface area (TPSA) is 77.0 Å². The lowest BCUT2D eigenvalue weighted by Crippen LogP contribution is -2.07. The molecule has 2 aromatic heterocycles. The molecular formula is C29H18F4N4O2. The van der Waals surface area contributed by atoms with Crippen LogP contribution in [-0.4, -0.2) is 20.9 Å². The SMILES string of the molecule is C=CC(=O)Nc1cccc(-c2cc(-c3ccc(Oc4cc(C(F)(F)F)ccn4)cc3F)cc3cncnc23)c1. The molecule has 0 unspecified atom stereocenters. The van der Waals surface area contributed by atoms with Crippen LogP contribution in [0.4, 0.5) is 23.2 Å². The number of alkyl halides is 3. The van der Waals surface area contributed by atoms with Crippen LogP contribution in [0.25, 0.3) is 33.2 Å². The van der Waals surface area contributed by atoms with Crippen LogP contribution in [-0.2, 0) is 11.0 Å². The molecule has 0 saturated carbocycles. The number of aromatic nitrogens is 3. The predicted octanol–water partition coefficient (Wildman–Crippen LogP) is 7.43. The minimum atomic E-state index is -4.57. The minimum absolute atomic E-state index is 0.0157. The van der Waals surface area contributed by atoms with Gasteiger partial charge in [-0.05, 0) is 59.7 Å². The Balaban J connectivity index is 1.52. The van der Waals surface area contributed by atoms with Crippen LogP contribution in [0.2, 0.25) is 0 Å². The highest BCUT2D eigenvalue weighted by Crippen LogP contribution is 2.36. The first-order valence-corrected chi connectivity index (χ1v) is 11.5. The molecule has 0 saturated heterocycles. The number of halogens is 4. The van der Waals surface area contributed by atoms with Crippen molar-refractivity contribution in [1.29, 1.82) is 0 Å². The zero-order valence-corrected chi connectivity index (χ0v) is 20.0. The van der Waals surface area contributed by atoms with Crippen molar-refractivity contribution in [1.82, 2.24) is 15.0 Å². The highest BCUT2D eigenvalue weighted by atomic mass is 19.4. The van der Waals surface area contributed by atoms with E-state index in [1.165, 1.54) is 18.5 Å². The van der Waals surface area contributed by atoms with E-state index in [1.807, 2.05) is 6.07 Å². The number of fused-ring (bicyclic) bond motifs is 1. The molecule has 0 aliphatic rings. The third kappa shape index (κ3) is 5.59. The van der Waals surface area contributed by atoms with Gasteiger partial charge in [-0.3, -0.25) is 4.79 Å². The zero-order valence-electron chi connectivity index (χ0n) is 20.0. The van der Waals surface area contributed by atoms with Crippen molar-refractivity contribution in [2.75, 3.05) is 5.32 Å². The largest absolute Gasteiger partial charge is 0.439 e. The van der Waals surface area contributed by atoms with E-state index < -0.39 is 17.6 Å². The van der Waals surface area contributed by atoms with Crippen molar-refractivity contribution in [3.8, 4) is 33.9 Å². The Kier molecular flexibility index (Phi) is 6.76. The summed E-state index contributed by atoms with van der Waals surface area (Å²) in [5.74, 6) is -1.35. The van der Waals surface area contributed by atoms with Gasteiger partial charge in [-0.1, -0.05) is 18.7 Å². The first kappa shape index (κ1) is 25.5. The standard InChI is InChI=1S/C29H18F4N4O2/c1-2-26(38)37-21-5-3-4-17(11-21)24-12-18(10-19-15-34-16-36-28(19)24)23-7-6-22(14-25(23)30)39-27-13-20(8-9-35-27)29(31,32)33/h2-16H,1H2,(H,37,38). The number of nitrogens with zero attached hydrogens (tertiary/aromatic N) is 3. The fourth-order valence-corrected chi connectivity index (χ4v) is 3.99. The molecule has 10 heteroatoms. The summed E-state index contributed by atoms with van der Waals surface area (Å²) in [6.45, 7) is 3.45. The van der Waals surface area contributed by atoms with Gasteiger partial charge in [0.1, 0.15) is 17.9 Å². The maximum atomic E-state index is 15.3. The molecule has 2 heterocycles. The minimum Gasteiger partial charge on any atom is -0.439 e. The van der Waals surface area contributed by atoms with Gasteiger partial charge in [0.15, 0.2) is 0 Å². The summed E-state index contributed by atoms with van der Waals surface area (Å²) in [7, 11) is 0. The molecule has 0 aliphatic heterocycles. The number of carbonyl (C=O) groups is 1. The van der Waals surface area contributed by atoms with E-state index in [4.69, 9.17) is 4.74 Å². The van der Waals surface area contributed by atoms with Crippen LogP contribution in [0.1, 0.15) is 5.56 Å². The fourth-order valence-electron chi connectivity index (χ4n) is 3.99. The normalized spacial score (nSPS) is 11.3. The molecule has 5 aromatic rings. The number of benzene rings is 3. The molecule has 0 spiro atoms. The summed E-state index contributed by atoms with van der Waals surface area (Å²) >= 11 is 0. The number of ether oxygens (including phenoxy) is 1. The molecule has 0 atom stereocenters. The van der Waals surface area contributed by atoms with E-state index in [0.29, 0.717) is 27.7 Å². The number of amides is 1. The van der Waals surface area contributed by atoms with Gasteiger partial charge in [-0.2, -0.15) is 13.2 Å². The summed E-state index contributed by atoms with van der Waals surface area (Å²) < 4.78 is 59.7. The number of anilines is 1. The number of hydrogen-bond acceptors (Lipinski definition) is 5. The average Bonchev–Trinajstić information content (AvgIpc) is 2.92. The maximum absolute atomic E-state index is 15.3. The van der Waals surface area contributed by atoms with Gasteiger partial charge in [0.25, 0.3) is 0 Å². The van der Waals surface area contributed by atoms with Gasteiger partial charge in [-0.25, -0.2) is 19.3 Å². The number of carbonyl (C=O) groups excluding carboxylic acids is 1. The summed E-state index contributed by atoms with van der Waals surface area (Å²) in [6, 6.07) is 16.1. The Morgan fingerprint density at radius 3 is 2.56 bits per heavy atom. The molecule has 0 radical (unpaired) electrons. The van der Waals surface area contributed by atoms with Crippen molar-refractivity contribution in [2.24, 2.45) is 0 Å². The lowest BCUT2D eigenvalue weighted by molar-refractivity contribution is -0.137. The van der Waals surface area contributed by atoms with Gasteiger partial charge in [0, 0.05) is 46.7 Å².